The molecule has 0 unspecified atom stereocenters. The molecule has 27 heavy (non-hydrogen) atoms. The fraction of sp³-hybridized carbons (Fsp3) is 0.316. The maximum absolute atomic E-state index is 13.2. The van der Waals surface area contributed by atoms with Crippen molar-refractivity contribution in [3.63, 3.8) is 0 Å². The van der Waals surface area contributed by atoms with Crippen LogP contribution in [0.1, 0.15) is 24.6 Å². The highest BCUT2D eigenvalue weighted by atomic mass is 35.5. The number of likely N-dealkylation sites (tertiary alicyclic amines) is 1. The van der Waals surface area contributed by atoms with E-state index < -0.39 is 5.82 Å². The number of carbonyl (C=O) groups excluding carboxylic acids is 1. The Morgan fingerprint density at radius 1 is 1.22 bits per heavy atom. The highest BCUT2D eigenvalue weighted by molar-refractivity contribution is 6.31. The Hall–Kier alpha value is -2.51. The van der Waals surface area contributed by atoms with Crippen LogP contribution in [0.15, 0.2) is 42.6 Å². The first-order chi connectivity index (χ1) is 13.1. The number of anilines is 1. The lowest BCUT2D eigenvalue weighted by molar-refractivity contribution is -0.117. The van der Waals surface area contributed by atoms with Gasteiger partial charge in [0.2, 0.25) is 5.91 Å². The van der Waals surface area contributed by atoms with Crippen LogP contribution in [0, 0.1) is 5.82 Å². The number of amides is 1. The number of hydrogen-bond acceptors (Lipinski definition) is 4. The lowest BCUT2D eigenvalue weighted by Crippen LogP contribution is -2.39. The zero-order valence-electron chi connectivity index (χ0n) is 14.6. The molecule has 0 saturated carbocycles. The molecule has 1 N–H and O–H groups in total. The maximum Gasteiger partial charge on any atom is 0.238 e. The molecule has 0 atom stereocenters. The van der Waals surface area contributed by atoms with Crippen molar-refractivity contribution >= 4 is 28.8 Å². The van der Waals surface area contributed by atoms with E-state index in [9.17, 15) is 9.18 Å². The van der Waals surface area contributed by atoms with Crippen molar-refractivity contribution in [2.75, 3.05) is 25.0 Å². The van der Waals surface area contributed by atoms with Gasteiger partial charge >= 0.3 is 0 Å². The highest BCUT2D eigenvalue weighted by Gasteiger charge is 2.25. The first-order valence-electron chi connectivity index (χ1n) is 8.87. The van der Waals surface area contributed by atoms with Crippen molar-refractivity contribution in [2.45, 2.75) is 18.8 Å². The van der Waals surface area contributed by atoms with E-state index in [0.717, 1.165) is 37.4 Å². The van der Waals surface area contributed by atoms with E-state index in [0.29, 0.717) is 18.2 Å². The number of aromatic nitrogens is 3. The Kier molecular flexibility index (Phi) is 5.05. The molecule has 3 aromatic rings. The molecule has 140 valence electrons. The van der Waals surface area contributed by atoms with Crippen molar-refractivity contribution in [3.05, 3.63) is 59.3 Å². The van der Waals surface area contributed by atoms with E-state index in [1.165, 1.54) is 18.2 Å². The van der Waals surface area contributed by atoms with Gasteiger partial charge in [-0.15, -0.1) is 10.2 Å². The summed E-state index contributed by atoms with van der Waals surface area (Å²) in [5, 5.41) is 11.3. The number of nitrogens with zero attached hydrogens (tertiary/aromatic N) is 4. The Bertz CT molecular complexity index is 968. The van der Waals surface area contributed by atoms with Crippen molar-refractivity contribution in [2.24, 2.45) is 0 Å². The molecule has 0 bridgehead atoms. The SMILES string of the molecule is O=C(CN1CCC(c2nnc3ccccn23)CC1)Nc1ccc(F)c(Cl)c1. The van der Waals surface area contributed by atoms with E-state index >= 15 is 0 Å². The molecular formula is C19H19ClFN5O. The number of fused-ring (bicyclic) bond motifs is 1. The number of nitrogens with one attached hydrogen (secondary N) is 1. The number of pyridine rings is 1. The molecule has 6 nitrogen and oxygen atoms in total. The molecule has 4 rings (SSSR count). The van der Waals surface area contributed by atoms with Gasteiger partial charge in [0.1, 0.15) is 11.6 Å². The molecule has 1 amide bonds. The van der Waals surface area contributed by atoms with Crippen molar-refractivity contribution in [1.82, 2.24) is 19.5 Å². The Balaban J connectivity index is 1.32. The highest BCUT2D eigenvalue weighted by Crippen LogP contribution is 2.27. The average Bonchev–Trinajstić information content (AvgIpc) is 3.09. The van der Waals surface area contributed by atoms with Crippen LogP contribution in [0.4, 0.5) is 10.1 Å². The van der Waals surface area contributed by atoms with Gasteiger partial charge in [-0.25, -0.2) is 4.39 Å². The van der Waals surface area contributed by atoms with Gasteiger partial charge in [-0.3, -0.25) is 14.1 Å². The molecule has 0 radical (unpaired) electrons. The molecule has 0 aliphatic carbocycles. The van der Waals surface area contributed by atoms with Crippen LogP contribution in [0.3, 0.4) is 0 Å². The third-order valence-corrected chi connectivity index (χ3v) is 5.15. The van der Waals surface area contributed by atoms with Crippen LogP contribution >= 0.6 is 11.6 Å². The molecule has 0 spiro atoms. The molecule has 1 aliphatic heterocycles. The predicted molar refractivity (Wildman–Crippen MR) is 101 cm³/mol. The van der Waals surface area contributed by atoms with Crippen LogP contribution in [-0.4, -0.2) is 45.0 Å². The van der Waals surface area contributed by atoms with Crippen molar-refractivity contribution in [3.8, 4) is 0 Å². The summed E-state index contributed by atoms with van der Waals surface area (Å²) in [5.41, 5.74) is 1.35. The lowest BCUT2D eigenvalue weighted by atomic mass is 9.96. The van der Waals surface area contributed by atoms with Gasteiger partial charge in [0.25, 0.3) is 0 Å². The van der Waals surface area contributed by atoms with Crippen LogP contribution in [0.2, 0.25) is 5.02 Å². The van der Waals surface area contributed by atoms with E-state index in [4.69, 9.17) is 11.6 Å². The molecule has 1 aromatic carbocycles. The van der Waals surface area contributed by atoms with Crippen LogP contribution in [0.5, 0.6) is 0 Å². The second-order valence-corrected chi connectivity index (χ2v) is 7.12. The molecule has 3 heterocycles. The summed E-state index contributed by atoms with van der Waals surface area (Å²) < 4.78 is 15.2. The van der Waals surface area contributed by atoms with Gasteiger partial charge in [0, 0.05) is 17.8 Å². The van der Waals surface area contributed by atoms with Crippen LogP contribution in [-0.2, 0) is 4.79 Å². The second-order valence-electron chi connectivity index (χ2n) is 6.71. The number of benzene rings is 1. The van der Waals surface area contributed by atoms with E-state index in [-0.39, 0.29) is 10.9 Å². The predicted octanol–water partition coefficient (Wildman–Crippen LogP) is 3.34. The van der Waals surface area contributed by atoms with Crippen LogP contribution in [0.25, 0.3) is 5.65 Å². The number of carbonyl (C=O) groups is 1. The summed E-state index contributed by atoms with van der Waals surface area (Å²) in [5.74, 6) is 0.676. The molecule has 1 fully saturated rings. The van der Waals surface area contributed by atoms with Gasteiger partial charge < -0.3 is 5.32 Å². The minimum Gasteiger partial charge on any atom is -0.325 e. The number of rotatable bonds is 4. The molecular weight excluding hydrogens is 369 g/mol. The van der Waals surface area contributed by atoms with Crippen molar-refractivity contribution in [1.29, 1.82) is 0 Å². The Labute approximate surface area is 161 Å². The number of piperidine rings is 1. The Morgan fingerprint density at radius 3 is 2.81 bits per heavy atom. The second kappa shape index (κ2) is 7.62. The molecule has 2 aromatic heterocycles. The largest absolute Gasteiger partial charge is 0.325 e. The minimum atomic E-state index is -0.502. The monoisotopic (exact) mass is 387 g/mol. The fourth-order valence-corrected chi connectivity index (χ4v) is 3.65. The summed E-state index contributed by atoms with van der Waals surface area (Å²) in [7, 11) is 0. The van der Waals surface area contributed by atoms with E-state index in [1.54, 1.807) is 0 Å². The Morgan fingerprint density at radius 2 is 2.04 bits per heavy atom. The maximum atomic E-state index is 13.2. The fourth-order valence-electron chi connectivity index (χ4n) is 3.47. The molecule has 8 heteroatoms. The number of halogens is 2. The lowest BCUT2D eigenvalue weighted by Gasteiger charge is -2.30. The average molecular weight is 388 g/mol. The minimum absolute atomic E-state index is 0.00542. The summed E-state index contributed by atoms with van der Waals surface area (Å²) >= 11 is 5.75. The standard InChI is InChI=1S/C19H19ClFN5O/c20-15-11-14(4-5-16(15)21)22-18(27)12-25-9-6-13(7-10-25)19-24-23-17-3-1-2-8-26(17)19/h1-5,8,11,13H,6-7,9-10,12H2,(H,22,27). The van der Waals surface area contributed by atoms with Gasteiger partial charge in [0.15, 0.2) is 5.65 Å². The van der Waals surface area contributed by atoms with Gasteiger partial charge in [-0.05, 0) is 56.3 Å². The summed E-state index contributed by atoms with van der Waals surface area (Å²) in [6, 6.07) is 10.0. The van der Waals surface area contributed by atoms with Crippen LogP contribution < -0.4 is 5.32 Å². The topological polar surface area (TPSA) is 62.5 Å². The first-order valence-corrected chi connectivity index (χ1v) is 9.25. The summed E-state index contributed by atoms with van der Waals surface area (Å²) in [6.45, 7) is 1.91. The molecule has 1 saturated heterocycles. The smallest absolute Gasteiger partial charge is 0.238 e. The van der Waals surface area contributed by atoms with Gasteiger partial charge in [-0.1, -0.05) is 17.7 Å². The van der Waals surface area contributed by atoms with Gasteiger partial charge in [0.05, 0.1) is 11.6 Å². The zero-order valence-corrected chi connectivity index (χ0v) is 15.4. The van der Waals surface area contributed by atoms with Crippen molar-refractivity contribution < 1.29 is 9.18 Å². The van der Waals surface area contributed by atoms with Gasteiger partial charge in [-0.2, -0.15) is 0 Å². The third kappa shape index (κ3) is 3.94. The first kappa shape index (κ1) is 17.9. The molecule has 1 aliphatic rings. The normalized spacial score (nSPS) is 15.9. The summed E-state index contributed by atoms with van der Waals surface area (Å²) in [6.07, 6.45) is 3.83. The zero-order chi connectivity index (χ0) is 18.8. The third-order valence-electron chi connectivity index (χ3n) is 4.86. The number of hydrogen-bond donors (Lipinski definition) is 1. The summed E-state index contributed by atoms with van der Waals surface area (Å²) in [4.78, 5) is 14.4. The van der Waals surface area contributed by atoms with E-state index in [2.05, 4.69) is 20.4 Å². The quantitative estimate of drug-likeness (QED) is 0.745. The van der Waals surface area contributed by atoms with E-state index in [1.807, 2.05) is 28.8 Å².